The number of aromatic nitrogens is 1. The van der Waals surface area contributed by atoms with Gasteiger partial charge in [-0.3, -0.25) is 9.78 Å². The maximum atomic E-state index is 12.3. The Balaban J connectivity index is 1.61. The smallest absolute Gasteiger partial charge is 0.224 e. The lowest BCUT2D eigenvalue weighted by atomic mass is 9.84. The number of nitrogens with one attached hydrogen (secondary N) is 1. The number of pyridine rings is 1. The van der Waals surface area contributed by atoms with E-state index in [-0.39, 0.29) is 11.8 Å². The van der Waals surface area contributed by atoms with E-state index in [1.807, 2.05) is 12.1 Å². The van der Waals surface area contributed by atoms with Crippen LogP contribution in [0.2, 0.25) is 0 Å². The normalized spacial score (nSPS) is 32.7. The van der Waals surface area contributed by atoms with Crippen molar-refractivity contribution in [2.24, 2.45) is 23.7 Å². The summed E-state index contributed by atoms with van der Waals surface area (Å²) in [5.74, 6) is 1.91. The number of carbonyl (C=O) groups excluding carboxylic acids is 1. The largest absolute Gasteiger partial charge is 0.352 e. The zero-order valence-corrected chi connectivity index (χ0v) is 10.5. The lowest BCUT2D eigenvalue weighted by molar-refractivity contribution is -0.127. The van der Waals surface area contributed by atoms with Gasteiger partial charge in [-0.15, -0.1) is 0 Å². The molecule has 0 spiro atoms. The van der Waals surface area contributed by atoms with Crippen molar-refractivity contribution < 1.29 is 4.79 Å². The molecule has 2 aliphatic carbocycles. The second-order valence-electron chi connectivity index (χ2n) is 5.41. The van der Waals surface area contributed by atoms with Crippen LogP contribution in [0.1, 0.15) is 18.9 Å². The van der Waals surface area contributed by atoms with Crippen molar-refractivity contribution in [3.05, 3.63) is 42.2 Å². The molecular formula is C15H18N2O. The molecule has 1 saturated carbocycles. The van der Waals surface area contributed by atoms with Gasteiger partial charge in [0.2, 0.25) is 5.91 Å². The summed E-state index contributed by atoms with van der Waals surface area (Å²) >= 11 is 0. The molecule has 3 heteroatoms. The van der Waals surface area contributed by atoms with Gasteiger partial charge in [0.25, 0.3) is 0 Å². The van der Waals surface area contributed by atoms with E-state index in [0.29, 0.717) is 24.3 Å². The highest BCUT2D eigenvalue weighted by atomic mass is 16.1. The molecule has 1 N–H and O–H groups in total. The van der Waals surface area contributed by atoms with Crippen molar-refractivity contribution >= 4 is 5.91 Å². The van der Waals surface area contributed by atoms with Crippen LogP contribution in [0.5, 0.6) is 0 Å². The molecule has 0 aromatic carbocycles. The van der Waals surface area contributed by atoms with Crippen LogP contribution in [-0.4, -0.2) is 10.9 Å². The van der Waals surface area contributed by atoms with Gasteiger partial charge >= 0.3 is 0 Å². The van der Waals surface area contributed by atoms with Gasteiger partial charge in [0, 0.05) is 24.9 Å². The van der Waals surface area contributed by atoms with Crippen LogP contribution in [0.3, 0.4) is 0 Å². The Bertz CT molecular complexity index is 469. The fourth-order valence-electron chi connectivity index (χ4n) is 3.31. The fraction of sp³-hybridized carbons (Fsp3) is 0.467. The average Bonchev–Trinajstić information content (AvgIpc) is 2.98. The molecule has 1 heterocycles. The van der Waals surface area contributed by atoms with Crippen LogP contribution in [-0.2, 0) is 11.3 Å². The van der Waals surface area contributed by atoms with E-state index < -0.39 is 0 Å². The molecule has 1 aromatic heterocycles. The Kier molecular flexibility index (Phi) is 2.90. The van der Waals surface area contributed by atoms with Crippen LogP contribution in [0.15, 0.2) is 36.7 Å². The second kappa shape index (κ2) is 4.56. The summed E-state index contributed by atoms with van der Waals surface area (Å²) in [6.07, 6.45) is 9.20. The number of rotatable bonds is 3. The van der Waals surface area contributed by atoms with Crippen molar-refractivity contribution in [3.63, 3.8) is 0 Å². The molecular weight excluding hydrogens is 224 g/mol. The molecule has 1 amide bonds. The Morgan fingerprint density at radius 1 is 1.44 bits per heavy atom. The third-order valence-corrected chi connectivity index (χ3v) is 4.35. The van der Waals surface area contributed by atoms with Gasteiger partial charge in [-0.1, -0.05) is 25.1 Å². The van der Waals surface area contributed by atoms with Gasteiger partial charge in [-0.05, 0) is 35.8 Å². The monoisotopic (exact) mass is 242 g/mol. The molecule has 2 aliphatic rings. The van der Waals surface area contributed by atoms with Gasteiger partial charge in [-0.25, -0.2) is 0 Å². The first-order valence-electron chi connectivity index (χ1n) is 6.60. The summed E-state index contributed by atoms with van der Waals surface area (Å²) in [5, 5.41) is 3.04. The first kappa shape index (κ1) is 11.5. The molecule has 4 atom stereocenters. The Morgan fingerprint density at radius 3 is 2.94 bits per heavy atom. The summed E-state index contributed by atoms with van der Waals surface area (Å²) in [5.41, 5.74) is 1.05. The van der Waals surface area contributed by atoms with Gasteiger partial charge < -0.3 is 5.32 Å². The molecule has 0 aliphatic heterocycles. The minimum atomic E-state index is 0.164. The minimum absolute atomic E-state index is 0.164. The molecule has 0 unspecified atom stereocenters. The zero-order valence-electron chi connectivity index (χ0n) is 10.5. The molecule has 1 fully saturated rings. The maximum absolute atomic E-state index is 12.3. The molecule has 3 rings (SSSR count). The molecule has 1 aromatic rings. The van der Waals surface area contributed by atoms with Crippen LogP contribution < -0.4 is 5.32 Å². The number of fused-ring (bicyclic) bond motifs is 2. The minimum Gasteiger partial charge on any atom is -0.352 e. The molecule has 3 nitrogen and oxygen atoms in total. The molecule has 0 saturated heterocycles. The van der Waals surface area contributed by atoms with Crippen molar-refractivity contribution in [1.82, 2.24) is 10.3 Å². The van der Waals surface area contributed by atoms with E-state index in [4.69, 9.17) is 0 Å². The SMILES string of the molecule is C[C@@H]1[C@@H](C(=O)NCc2cccnc2)[C@@H]2C=C[C@H]1C2. The predicted molar refractivity (Wildman–Crippen MR) is 69.5 cm³/mol. The Morgan fingerprint density at radius 2 is 2.28 bits per heavy atom. The van der Waals surface area contributed by atoms with Gasteiger partial charge in [-0.2, -0.15) is 0 Å². The summed E-state index contributed by atoms with van der Waals surface area (Å²) in [6.45, 7) is 2.78. The Labute approximate surface area is 107 Å². The van der Waals surface area contributed by atoms with E-state index in [0.717, 1.165) is 12.0 Å². The number of nitrogens with zero attached hydrogens (tertiary/aromatic N) is 1. The number of carbonyl (C=O) groups is 1. The summed E-state index contributed by atoms with van der Waals surface area (Å²) in [6, 6.07) is 3.88. The van der Waals surface area contributed by atoms with Crippen LogP contribution in [0.25, 0.3) is 0 Å². The maximum Gasteiger partial charge on any atom is 0.224 e. The first-order chi connectivity index (χ1) is 8.75. The summed E-state index contributed by atoms with van der Waals surface area (Å²) < 4.78 is 0. The zero-order chi connectivity index (χ0) is 12.5. The van der Waals surface area contributed by atoms with Crippen LogP contribution in [0.4, 0.5) is 0 Å². The van der Waals surface area contributed by atoms with Crippen LogP contribution >= 0.6 is 0 Å². The third kappa shape index (κ3) is 1.94. The lowest BCUT2D eigenvalue weighted by Gasteiger charge is -2.23. The van der Waals surface area contributed by atoms with Crippen LogP contribution in [0, 0.1) is 23.7 Å². The van der Waals surface area contributed by atoms with Crippen molar-refractivity contribution in [2.45, 2.75) is 19.9 Å². The second-order valence-corrected chi connectivity index (χ2v) is 5.41. The van der Waals surface area contributed by atoms with E-state index >= 15 is 0 Å². The number of hydrogen-bond donors (Lipinski definition) is 1. The number of allylic oxidation sites excluding steroid dienone is 2. The lowest BCUT2D eigenvalue weighted by Crippen LogP contribution is -2.36. The number of amides is 1. The number of hydrogen-bond acceptors (Lipinski definition) is 2. The van der Waals surface area contributed by atoms with Crippen molar-refractivity contribution in [2.75, 3.05) is 0 Å². The van der Waals surface area contributed by atoms with E-state index in [1.54, 1.807) is 12.4 Å². The van der Waals surface area contributed by atoms with Crippen molar-refractivity contribution in [3.8, 4) is 0 Å². The Hall–Kier alpha value is -1.64. The molecule has 0 radical (unpaired) electrons. The predicted octanol–water partition coefficient (Wildman–Crippen LogP) is 2.16. The molecule has 18 heavy (non-hydrogen) atoms. The van der Waals surface area contributed by atoms with Gasteiger partial charge in [0.15, 0.2) is 0 Å². The highest BCUT2D eigenvalue weighted by Crippen LogP contribution is 2.47. The topological polar surface area (TPSA) is 42.0 Å². The van der Waals surface area contributed by atoms with Gasteiger partial charge in [0.05, 0.1) is 0 Å². The standard InChI is InChI=1S/C15H18N2O/c1-10-12-4-5-13(7-12)14(10)15(18)17-9-11-3-2-6-16-8-11/h2-6,8,10,12-14H,7,9H2,1H3,(H,17,18)/t10-,12-,13+,14+/m0/s1. The molecule has 94 valence electrons. The van der Waals surface area contributed by atoms with E-state index in [2.05, 4.69) is 29.4 Å². The highest BCUT2D eigenvalue weighted by Gasteiger charge is 2.45. The third-order valence-electron chi connectivity index (χ3n) is 4.35. The summed E-state index contributed by atoms with van der Waals surface area (Å²) in [4.78, 5) is 16.3. The first-order valence-corrected chi connectivity index (χ1v) is 6.60. The summed E-state index contributed by atoms with van der Waals surface area (Å²) in [7, 11) is 0. The highest BCUT2D eigenvalue weighted by molar-refractivity contribution is 5.80. The molecule has 2 bridgehead atoms. The average molecular weight is 242 g/mol. The fourth-order valence-corrected chi connectivity index (χ4v) is 3.31. The van der Waals surface area contributed by atoms with Gasteiger partial charge in [0.1, 0.15) is 0 Å². The van der Waals surface area contributed by atoms with Crippen molar-refractivity contribution in [1.29, 1.82) is 0 Å². The van der Waals surface area contributed by atoms with E-state index in [9.17, 15) is 4.79 Å². The van der Waals surface area contributed by atoms with E-state index in [1.165, 1.54) is 0 Å². The quantitative estimate of drug-likeness (QED) is 0.825.